The monoisotopic (exact) mass is 619 g/mol. The molecule has 1 aromatic carbocycles. The van der Waals surface area contributed by atoms with Crippen LogP contribution in [-0.4, -0.2) is 46.8 Å². The normalized spacial score (nSPS) is 18.7. The molecule has 3 heterocycles. The molecule has 0 radical (unpaired) electrons. The Morgan fingerprint density at radius 1 is 1.26 bits per heavy atom. The molecule has 0 saturated carbocycles. The highest BCUT2D eigenvalue weighted by Crippen LogP contribution is 2.41. The molecule has 204 valence electrons. The number of thiazole rings is 1. The first-order chi connectivity index (χ1) is 18.8. The number of allylic oxidation sites excluding steroid dienone is 1. The van der Waals surface area contributed by atoms with Gasteiger partial charge in [-0.3, -0.25) is 14.5 Å². The zero-order valence-electron chi connectivity index (χ0n) is 21.0. The summed E-state index contributed by atoms with van der Waals surface area (Å²) in [6.45, 7) is 0.395. The van der Waals surface area contributed by atoms with Crippen molar-refractivity contribution in [3.63, 3.8) is 0 Å². The van der Waals surface area contributed by atoms with E-state index in [1.54, 1.807) is 16.3 Å². The van der Waals surface area contributed by atoms with Crippen molar-refractivity contribution in [1.29, 1.82) is 0 Å². The Labute approximate surface area is 235 Å². The van der Waals surface area contributed by atoms with Gasteiger partial charge >= 0.3 is 11.9 Å². The Balaban J connectivity index is 1.56. The van der Waals surface area contributed by atoms with E-state index >= 15 is 0 Å². The van der Waals surface area contributed by atoms with Gasteiger partial charge in [0.05, 0.1) is 42.9 Å². The van der Waals surface area contributed by atoms with Crippen molar-refractivity contribution < 1.29 is 27.8 Å². The highest BCUT2D eigenvalue weighted by molar-refractivity contribution is 9.10. The summed E-state index contributed by atoms with van der Waals surface area (Å²) in [4.78, 5) is 33.9. The third kappa shape index (κ3) is 5.37. The minimum Gasteiger partial charge on any atom is -0.469 e. The zero-order valence-corrected chi connectivity index (χ0v) is 23.4. The Kier molecular flexibility index (Phi) is 7.89. The van der Waals surface area contributed by atoms with E-state index in [4.69, 9.17) is 14.5 Å². The number of amidine groups is 1. The summed E-state index contributed by atoms with van der Waals surface area (Å²) in [5.41, 5.74) is 3.03. The van der Waals surface area contributed by atoms with Crippen LogP contribution in [0.1, 0.15) is 40.7 Å². The number of rotatable bonds is 7. The maximum absolute atomic E-state index is 14.6. The summed E-state index contributed by atoms with van der Waals surface area (Å²) in [5.74, 6) is -2.75. The van der Waals surface area contributed by atoms with Crippen molar-refractivity contribution in [1.82, 2.24) is 20.1 Å². The van der Waals surface area contributed by atoms with Gasteiger partial charge in [0, 0.05) is 29.4 Å². The van der Waals surface area contributed by atoms with Crippen LogP contribution in [0, 0.1) is 17.6 Å². The number of ether oxygens (including phenoxy) is 2. The maximum Gasteiger partial charge on any atom is 0.338 e. The van der Waals surface area contributed by atoms with Crippen LogP contribution < -0.4 is 5.32 Å². The summed E-state index contributed by atoms with van der Waals surface area (Å²) in [6, 6.07) is 1.45. The highest BCUT2D eigenvalue weighted by atomic mass is 79.9. The molecule has 2 atom stereocenters. The van der Waals surface area contributed by atoms with Crippen molar-refractivity contribution in [2.75, 3.05) is 14.2 Å². The van der Waals surface area contributed by atoms with Crippen LogP contribution in [0.3, 0.4) is 0 Å². The van der Waals surface area contributed by atoms with Crippen LogP contribution in [0.25, 0.3) is 0 Å². The number of nitrogens with zero attached hydrogens (tertiary/aromatic N) is 4. The molecule has 2 unspecified atom stereocenters. The Bertz CT molecular complexity index is 1490. The van der Waals surface area contributed by atoms with Crippen molar-refractivity contribution in [2.24, 2.45) is 10.9 Å². The SMILES string of the molecule is COC(=O)CCn1cc2c(n1)CCC(C1=C(C(=O)OC)C(c3ccc(F)c(F)c3Br)N=C(c3nccs3)N1)C2. The molecule has 39 heavy (non-hydrogen) atoms. The average molecular weight is 620 g/mol. The molecule has 2 aliphatic rings. The number of halogens is 3. The van der Waals surface area contributed by atoms with Gasteiger partial charge in [0.1, 0.15) is 6.04 Å². The summed E-state index contributed by atoms with van der Waals surface area (Å²) in [7, 11) is 2.62. The zero-order chi connectivity index (χ0) is 27.7. The number of nitrogens with one attached hydrogen (secondary N) is 1. The fourth-order valence-electron chi connectivity index (χ4n) is 4.88. The lowest BCUT2D eigenvalue weighted by Gasteiger charge is -2.33. The fourth-order valence-corrected chi connectivity index (χ4v) is 6.00. The molecule has 0 spiro atoms. The van der Waals surface area contributed by atoms with Crippen molar-refractivity contribution >= 4 is 45.0 Å². The van der Waals surface area contributed by atoms with Crippen molar-refractivity contribution in [3.05, 3.63) is 79.1 Å². The van der Waals surface area contributed by atoms with Gasteiger partial charge in [0.15, 0.2) is 22.5 Å². The first kappa shape index (κ1) is 27.1. The van der Waals surface area contributed by atoms with Gasteiger partial charge in [-0.1, -0.05) is 6.07 Å². The van der Waals surface area contributed by atoms with Gasteiger partial charge in [-0.2, -0.15) is 5.10 Å². The van der Waals surface area contributed by atoms with E-state index in [9.17, 15) is 18.4 Å². The molecule has 5 rings (SSSR count). The minimum atomic E-state index is -1.07. The lowest BCUT2D eigenvalue weighted by Crippen LogP contribution is -2.38. The molecule has 0 fully saturated rings. The second-order valence-electron chi connectivity index (χ2n) is 9.06. The third-order valence-corrected chi connectivity index (χ3v) is 8.36. The largest absolute Gasteiger partial charge is 0.469 e. The number of aryl methyl sites for hydroxylation is 2. The minimum absolute atomic E-state index is 0.116. The molecular weight excluding hydrogens is 596 g/mol. The van der Waals surface area contributed by atoms with Crippen LogP contribution >= 0.6 is 27.3 Å². The summed E-state index contributed by atoms with van der Waals surface area (Å²) >= 11 is 4.53. The smallest absolute Gasteiger partial charge is 0.338 e. The third-order valence-electron chi connectivity index (χ3n) is 6.78. The van der Waals surface area contributed by atoms with Gasteiger partial charge in [-0.25, -0.2) is 18.6 Å². The Morgan fingerprint density at radius 2 is 2.08 bits per heavy atom. The molecule has 0 amide bonds. The lowest BCUT2D eigenvalue weighted by molar-refractivity contribution is -0.141. The van der Waals surface area contributed by atoms with Crippen LogP contribution in [0.2, 0.25) is 0 Å². The molecule has 13 heteroatoms. The molecule has 0 bridgehead atoms. The molecular formula is C26H24BrF2N5O4S. The van der Waals surface area contributed by atoms with Crippen LogP contribution in [-0.2, 0) is 38.4 Å². The number of hydrogen-bond acceptors (Lipinski definition) is 9. The van der Waals surface area contributed by atoms with Crippen LogP contribution in [0.15, 0.2) is 50.6 Å². The van der Waals surface area contributed by atoms with Gasteiger partial charge in [-0.15, -0.1) is 11.3 Å². The number of esters is 2. The van der Waals surface area contributed by atoms with Gasteiger partial charge < -0.3 is 14.8 Å². The molecule has 1 N–H and O–H groups in total. The molecule has 2 aromatic heterocycles. The first-order valence-electron chi connectivity index (χ1n) is 12.1. The quantitative estimate of drug-likeness (QED) is 0.311. The topological polar surface area (TPSA) is 108 Å². The number of aromatic nitrogens is 3. The summed E-state index contributed by atoms with van der Waals surface area (Å²) in [5, 5.41) is 10.3. The van der Waals surface area contributed by atoms with Gasteiger partial charge in [-0.05, 0) is 52.4 Å². The molecule has 1 aliphatic heterocycles. The summed E-state index contributed by atoms with van der Waals surface area (Å²) < 4.78 is 40.1. The van der Waals surface area contributed by atoms with Crippen LogP contribution in [0.5, 0.6) is 0 Å². The number of methoxy groups -OCH3 is 2. The maximum atomic E-state index is 14.6. The standard InChI is InChI=1S/C26H24BrF2N5O4S/c1-37-18(35)7-9-34-12-14-11-13(3-6-17(14)33-34)22-19(26(36)38-2)23(15-4-5-16(28)21(29)20(15)27)32-24(31-22)25-30-8-10-39-25/h4-5,8,10,12-13,23H,3,6-7,9,11H2,1-2H3,(H,31,32). The Hall–Kier alpha value is -3.45. The van der Waals surface area contributed by atoms with E-state index in [0.29, 0.717) is 42.3 Å². The second-order valence-corrected chi connectivity index (χ2v) is 10.7. The van der Waals surface area contributed by atoms with Crippen LogP contribution in [0.4, 0.5) is 8.78 Å². The second kappa shape index (κ2) is 11.3. The predicted molar refractivity (Wildman–Crippen MR) is 142 cm³/mol. The van der Waals surface area contributed by atoms with E-state index in [0.717, 1.165) is 17.3 Å². The fraction of sp³-hybridized carbons (Fsp3) is 0.346. The molecule has 1 aliphatic carbocycles. The molecule has 3 aromatic rings. The van der Waals surface area contributed by atoms with E-state index in [1.165, 1.54) is 31.6 Å². The number of fused-ring (bicyclic) bond motifs is 1. The van der Waals surface area contributed by atoms with E-state index in [1.807, 2.05) is 6.20 Å². The van der Waals surface area contributed by atoms with E-state index in [2.05, 4.69) is 31.3 Å². The van der Waals surface area contributed by atoms with E-state index < -0.39 is 23.6 Å². The number of carbonyl (C=O) groups excluding carboxylic acids is 2. The first-order valence-corrected chi connectivity index (χ1v) is 13.8. The lowest BCUT2D eigenvalue weighted by atomic mass is 9.81. The number of hydrogen-bond donors (Lipinski definition) is 1. The van der Waals surface area contributed by atoms with Gasteiger partial charge in [0.25, 0.3) is 0 Å². The number of benzene rings is 1. The Morgan fingerprint density at radius 3 is 2.79 bits per heavy atom. The average Bonchev–Trinajstić information content (AvgIpc) is 3.63. The van der Waals surface area contributed by atoms with Crippen molar-refractivity contribution in [2.45, 2.75) is 38.3 Å². The predicted octanol–water partition coefficient (Wildman–Crippen LogP) is 4.27. The number of carbonyl (C=O) groups is 2. The highest BCUT2D eigenvalue weighted by Gasteiger charge is 2.38. The van der Waals surface area contributed by atoms with Gasteiger partial charge in [0.2, 0.25) is 0 Å². The van der Waals surface area contributed by atoms with Crippen molar-refractivity contribution in [3.8, 4) is 0 Å². The molecule has 9 nitrogen and oxygen atoms in total. The number of aliphatic imine (C=N–C) groups is 1. The molecule has 0 saturated heterocycles. The van der Waals surface area contributed by atoms with E-state index in [-0.39, 0.29) is 33.9 Å². The summed E-state index contributed by atoms with van der Waals surface area (Å²) in [6.07, 6.45) is 5.63.